The number of thioether (sulfide) groups is 1. The first-order valence-corrected chi connectivity index (χ1v) is 11.2. The Bertz CT molecular complexity index is 1000. The molecule has 3 rings (SSSR count). The van der Waals surface area contributed by atoms with Gasteiger partial charge in [0.2, 0.25) is 0 Å². The van der Waals surface area contributed by atoms with Gasteiger partial charge >= 0.3 is 0 Å². The van der Waals surface area contributed by atoms with Crippen molar-refractivity contribution in [2.45, 2.75) is 13.8 Å². The van der Waals surface area contributed by atoms with Crippen LogP contribution in [0.2, 0.25) is 0 Å². The highest BCUT2D eigenvalue weighted by molar-refractivity contribution is 9.10. The van der Waals surface area contributed by atoms with Crippen molar-refractivity contribution in [3.63, 3.8) is 0 Å². The molecule has 1 aliphatic rings. The predicted molar refractivity (Wildman–Crippen MR) is 129 cm³/mol. The molecule has 1 amide bonds. The number of halogens is 1. The van der Waals surface area contributed by atoms with Gasteiger partial charge in [-0.3, -0.25) is 9.69 Å². The number of hydrogen-bond acceptors (Lipinski definition) is 6. The second-order valence-corrected chi connectivity index (χ2v) is 9.22. The minimum absolute atomic E-state index is 0.107. The van der Waals surface area contributed by atoms with Crippen molar-refractivity contribution in [3.8, 4) is 17.2 Å². The summed E-state index contributed by atoms with van der Waals surface area (Å²) >= 11 is 10.0. The molecule has 0 unspecified atom stereocenters. The summed E-state index contributed by atoms with van der Waals surface area (Å²) in [5, 5.41) is 0. The smallest absolute Gasteiger partial charge is 0.265 e. The summed E-state index contributed by atoms with van der Waals surface area (Å²) in [7, 11) is 3.25. The maximum atomic E-state index is 12.2. The molecule has 0 aromatic heterocycles. The van der Waals surface area contributed by atoms with Crippen molar-refractivity contribution in [1.29, 1.82) is 0 Å². The van der Waals surface area contributed by atoms with Gasteiger partial charge in [-0.05, 0) is 64.7 Å². The third-order valence-electron chi connectivity index (χ3n) is 4.52. The second-order valence-electron chi connectivity index (χ2n) is 6.69. The summed E-state index contributed by atoms with van der Waals surface area (Å²) in [5.41, 5.74) is 3.00. The topological polar surface area (TPSA) is 48.0 Å². The molecule has 0 radical (unpaired) electrons. The van der Waals surface area contributed by atoms with Crippen LogP contribution in [-0.2, 0) is 4.79 Å². The number of para-hydroxylation sites is 1. The zero-order valence-corrected chi connectivity index (χ0v) is 20.4. The number of ether oxygens (including phenoxy) is 3. The van der Waals surface area contributed by atoms with Gasteiger partial charge in [0.05, 0.1) is 16.5 Å². The molecule has 0 N–H and O–H groups in total. The summed E-state index contributed by atoms with van der Waals surface area (Å²) < 4.78 is 18.6. The molecule has 1 saturated heterocycles. The van der Waals surface area contributed by atoms with Gasteiger partial charge in [-0.15, -0.1) is 0 Å². The highest BCUT2D eigenvalue weighted by Crippen LogP contribution is 2.39. The number of hydrogen-bond donors (Lipinski definition) is 0. The highest BCUT2D eigenvalue weighted by atomic mass is 79.9. The van der Waals surface area contributed by atoms with E-state index in [1.807, 2.05) is 44.2 Å². The molecular formula is C22H22BrNO4S2. The van der Waals surface area contributed by atoms with Gasteiger partial charge in [-0.1, -0.05) is 42.2 Å². The van der Waals surface area contributed by atoms with Gasteiger partial charge in [0.15, 0.2) is 11.5 Å². The molecule has 30 heavy (non-hydrogen) atoms. The lowest BCUT2D eigenvalue weighted by Crippen LogP contribution is -2.22. The summed E-state index contributed by atoms with van der Waals surface area (Å²) in [6.07, 6.45) is 1.80. The van der Waals surface area contributed by atoms with Crippen LogP contribution < -0.4 is 14.2 Å². The first-order chi connectivity index (χ1) is 14.3. The lowest BCUT2D eigenvalue weighted by Gasteiger charge is -2.15. The molecule has 5 nitrogen and oxygen atoms in total. The van der Waals surface area contributed by atoms with E-state index in [2.05, 4.69) is 15.9 Å². The van der Waals surface area contributed by atoms with E-state index in [0.29, 0.717) is 33.9 Å². The lowest BCUT2D eigenvalue weighted by atomic mass is 10.1. The minimum Gasteiger partial charge on any atom is -0.493 e. The van der Waals surface area contributed by atoms with E-state index in [4.69, 9.17) is 26.4 Å². The molecule has 0 atom stereocenters. The van der Waals surface area contributed by atoms with Crippen LogP contribution in [0, 0.1) is 13.8 Å². The average Bonchev–Trinajstić information content (AvgIpc) is 2.94. The van der Waals surface area contributed by atoms with E-state index in [1.165, 1.54) is 16.7 Å². The van der Waals surface area contributed by atoms with Crippen LogP contribution >= 0.6 is 39.9 Å². The summed E-state index contributed by atoms with van der Waals surface area (Å²) in [6, 6.07) is 9.76. The Morgan fingerprint density at radius 2 is 1.77 bits per heavy atom. The molecule has 2 aromatic carbocycles. The molecule has 0 saturated carbocycles. The molecule has 1 aliphatic heterocycles. The van der Waals surface area contributed by atoms with Gasteiger partial charge in [-0.25, -0.2) is 0 Å². The number of carbonyl (C=O) groups excluding carboxylic acids is 1. The van der Waals surface area contributed by atoms with Gasteiger partial charge in [0, 0.05) is 7.05 Å². The van der Waals surface area contributed by atoms with Crippen molar-refractivity contribution >= 4 is 56.2 Å². The van der Waals surface area contributed by atoms with Crippen molar-refractivity contribution < 1.29 is 19.0 Å². The number of benzene rings is 2. The molecule has 158 valence electrons. The fraction of sp³-hybridized carbons (Fsp3) is 0.273. The Balaban J connectivity index is 1.70. The number of carbonyl (C=O) groups is 1. The Hall–Kier alpha value is -2.03. The van der Waals surface area contributed by atoms with Gasteiger partial charge < -0.3 is 14.2 Å². The molecule has 2 aromatic rings. The van der Waals surface area contributed by atoms with Crippen molar-refractivity contribution in [2.24, 2.45) is 0 Å². The fourth-order valence-corrected chi connectivity index (χ4v) is 4.73. The first-order valence-electron chi connectivity index (χ1n) is 9.22. The fourth-order valence-electron chi connectivity index (χ4n) is 2.97. The zero-order valence-electron chi connectivity index (χ0n) is 17.2. The summed E-state index contributed by atoms with van der Waals surface area (Å²) in [4.78, 5) is 14.3. The number of likely N-dealkylation sites (N-methyl/N-ethyl adjacent to an activating group) is 1. The Morgan fingerprint density at radius 1 is 1.13 bits per heavy atom. The van der Waals surface area contributed by atoms with Crippen LogP contribution in [0.4, 0.5) is 0 Å². The number of rotatable bonds is 7. The molecule has 0 spiro atoms. The molecular weight excluding hydrogens is 486 g/mol. The molecule has 1 heterocycles. The number of methoxy groups -OCH3 is 1. The van der Waals surface area contributed by atoms with Crippen LogP contribution in [-0.4, -0.2) is 42.5 Å². The maximum Gasteiger partial charge on any atom is 0.265 e. The van der Waals surface area contributed by atoms with E-state index in [0.717, 1.165) is 26.9 Å². The minimum atomic E-state index is -0.107. The van der Waals surface area contributed by atoms with Gasteiger partial charge in [-0.2, -0.15) is 0 Å². The van der Waals surface area contributed by atoms with E-state index in [1.54, 1.807) is 20.2 Å². The Morgan fingerprint density at radius 3 is 2.33 bits per heavy atom. The quantitative estimate of drug-likeness (QED) is 0.285. The largest absolute Gasteiger partial charge is 0.493 e. The van der Waals surface area contributed by atoms with Crippen LogP contribution in [0.15, 0.2) is 39.7 Å². The molecule has 8 heteroatoms. The third kappa shape index (κ3) is 4.99. The Kier molecular flexibility index (Phi) is 7.44. The first kappa shape index (κ1) is 22.7. The molecule has 1 fully saturated rings. The van der Waals surface area contributed by atoms with E-state index < -0.39 is 0 Å². The zero-order chi connectivity index (χ0) is 21.8. The average molecular weight is 508 g/mol. The summed E-state index contributed by atoms with van der Waals surface area (Å²) in [5.74, 6) is 1.93. The lowest BCUT2D eigenvalue weighted by molar-refractivity contribution is -0.121. The monoisotopic (exact) mass is 507 g/mol. The van der Waals surface area contributed by atoms with Gasteiger partial charge in [0.25, 0.3) is 5.91 Å². The van der Waals surface area contributed by atoms with Crippen LogP contribution in [0.25, 0.3) is 6.08 Å². The second kappa shape index (κ2) is 9.85. The SMILES string of the molecule is COc1cc(/C=C2\SC(=S)N(C)C2=O)cc(Br)c1OCCOc1c(C)cccc1C. The summed E-state index contributed by atoms with van der Waals surface area (Å²) in [6.45, 7) is 4.81. The van der Waals surface area contributed by atoms with Crippen molar-refractivity contribution in [2.75, 3.05) is 27.4 Å². The van der Waals surface area contributed by atoms with Crippen LogP contribution in [0.1, 0.15) is 16.7 Å². The predicted octanol–water partition coefficient (Wildman–Crippen LogP) is 5.36. The van der Waals surface area contributed by atoms with Crippen molar-refractivity contribution in [1.82, 2.24) is 4.90 Å². The van der Waals surface area contributed by atoms with E-state index in [-0.39, 0.29) is 5.91 Å². The van der Waals surface area contributed by atoms with Crippen LogP contribution in [0.5, 0.6) is 17.2 Å². The Labute approximate surface area is 194 Å². The maximum absolute atomic E-state index is 12.2. The number of thiocarbonyl (C=S) groups is 1. The molecule has 0 aliphatic carbocycles. The number of amides is 1. The standard InChI is InChI=1S/C22H22BrNO4S2/c1-13-6-5-7-14(2)19(13)27-8-9-28-20-16(23)10-15(11-17(20)26-4)12-18-21(25)24(3)22(29)30-18/h5-7,10-12H,8-9H2,1-4H3/b18-12-. The molecule has 0 bridgehead atoms. The number of nitrogens with zero attached hydrogens (tertiary/aromatic N) is 1. The highest BCUT2D eigenvalue weighted by Gasteiger charge is 2.28. The number of aryl methyl sites for hydroxylation is 2. The normalized spacial score (nSPS) is 15.1. The third-order valence-corrected chi connectivity index (χ3v) is 6.59. The van der Waals surface area contributed by atoms with Crippen molar-refractivity contribution in [3.05, 3.63) is 56.4 Å². The van der Waals surface area contributed by atoms with E-state index in [9.17, 15) is 4.79 Å². The van der Waals surface area contributed by atoms with E-state index >= 15 is 0 Å². The van der Waals surface area contributed by atoms with Gasteiger partial charge in [0.1, 0.15) is 23.3 Å². The van der Waals surface area contributed by atoms with Crippen LogP contribution in [0.3, 0.4) is 0 Å².